The lowest BCUT2D eigenvalue weighted by atomic mass is 10.2. The lowest BCUT2D eigenvalue weighted by Gasteiger charge is -2.14. The SMILES string of the molecule is CNC(CSc1cccc(C)c1)Cc1ccco1. The Morgan fingerprint density at radius 1 is 1.28 bits per heavy atom. The van der Waals surface area contributed by atoms with Gasteiger partial charge < -0.3 is 9.73 Å². The molecule has 0 bridgehead atoms. The van der Waals surface area contributed by atoms with Crippen LogP contribution in [0.15, 0.2) is 52.0 Å². The summed E-state index contributed by atoms with van der Waals surface area (Å²) in [7, 11) is 2.00. The third-order valence-corrected chi connectivity index (χ3v) is 4.03. The van der Waals surface area contributed by atoms with Gasteiger partial charge in [0.2, 0.25) is 0 Å². The van der Waals surface area contributed by atoms with Gasteiger partial charge in [-0.25, -0.2) is 0 Å². The van der Waals surface area contributed by atoms with Gasteiger partial charge >= 0.3 is 0 Å². The quantitative estimate of drug-likeness (QED) is 0.806. The predicted octanol–water partition coefficient (Wildman–Crippen LogP) is 3.51. The second-order valence-electron chi connectivity index (χ2n) is 4.40. The molecule has 3 heteroatoms. The molecule has 18 heavy (non-hydrogen) atoms. The van der Waals surface area contributed by atoms with Crippen LogP contribution in [0.1, 0.15) is 11.3 Å². The first-order valence-electron chi connectivity index (χ1n) is 6.17. The van der Waals surface area contributed by atoms with Gasteiger partial charge in [0.15, 0.2) is 0 Å². The van der Waals surface area contributed by atoms with Crippen LogP contribution >= 0.6 is 11.8 Å². The molecule has 2 rings (SSSR count). The highest BCUT2D eigenvalue weighted by atomic mass is 32.2. The summed E-state index contributed by atoms with van der Waals surface area (Å²) < 4.78 is 5.39. The molecule has 1 atom stereocenters. The van der Waals surface area contributed by atoms with Gasteiger partial charge in [0.25, 0.3) is 0 Å². The molecule has 0 aliphatic rings. The Morgan fingerprint density at radius 2 is 2.17 bits per heavy atom. The molecule has 1 unspecified atom stereocenters. The van der Waals surface area contributed by atoms with Crippen molar-refractivity contribution in [2.45, 2.75) is 24.3 Å². The molecule has 1 aromatic heterocycles. The molecule has 2 aromatic rings. The van der Waals surface area contributed by atoms with Crippen molar-refractivity contribution in [2.75, 3.05) is 12.8 Å². The maximum Gasteiger partial charge on any atom is 0.105 e. The Hall–Kier alpha value is -1.19. The second kappa shape index (κ2) is 6.66. The van der Waals surface area contributed by atoms with Crippen LogP contribution in [0.4, 0.5) is 0 Å². The molecule has 0 amide bonds. The Morgan fingerprint density at radius 3 is 2.83 bits per heavy atom. The fraction of sp³-hybridized carbons (Fsp3) is 0.333. The number of furan rings is 1. The number of thioether (sulfide) groups is 1. The van der Waals surface area contributed by atoms with Crippen LogP contribution in [-0.2, 0) is 6.42 Å². The van der Waals surface area contributed by atoms with Crippen molar-refractivity contribution in [3.63, 3.8) is 0 Å². The third kappa shape index (κ3) is 3.93. The second-order valence-corrected chi connectivity index (χ2v) is 5.49. The van der Waals surface area contributed by atoms with E-state index < -0.39 is 0 Å². The fourth-order valence-electron chi connectivity index (χ4n) is 1.82. The van der Waals surface area contributed by atoms with Gasteiger partial charge in [-0.15, -0.1) is 11.8 Å². The summed E-state index contributed by atoms with van der Waals surface area (Å²) in [5, 5.41) is 3.34. The number of nitrogens with one attached hydrogen (secondary N) is 1. The van der Waals surface area contributed by atoms with Crippen molar-refractivity contribution in [1.29, 1.82) is 0 Å². The fourth-order valence-corrected chi connectivity index (χ4v) is 2.94. The molecule has 1 heterocycles. The van der Waals surface area contributed by atoms with Crippen LogP contribution in [0.2, 0.25) is 0 Å². The molecule has 0 aliphatic heterocycles. The van der Waals surface area contributed by atoms with Gasteiger partial charge in [-0.3, -0.25) is 0 Å². The Labute approximate surface area is 113 Å². The lowest BCUT2D eigenvalue weighted by molar-refractivity contribution is 0.474. The van der Waals surface area contributed by atoms with Crippen LogP contribution < -0.4 is 5.32 Å². The predicted molar refractivity (Wildman–Crippen MR) is 77.2 cm³/mol. The van der Waals surface area contributed by atoms with Crippen molar-refractivity contribution >= 4 is 11.8 Å². The zero-order chi connectivity index (χ0) is 12.8. The van der Waals surface area contributed by atoms with E-state index in [2.05, 4.69) is 36.5 Å². The number of rotatable bonds is 6. The van der Waals surface area contributed by atoms with Gasteiger partial charge in [0, 0.05) is 23.1 Å². The highest BCUT2D eigenvalue weighted by Gasteiger charge is 2.09. The van der Waals surface area contributed by atoms with E-state index in [0.717, 1.165) is 17.9 Å². The lowest BCUT2D eigenvalue weighted by Crippen LogP contribution is -2.29. The normalized spacial score (nSPS) is 12.6. The highest BCUT2D eigenvalue weighted by Crippen LogP contribution is 2.20. The summed E-state index contributed by atoms with van der Waals surface area (Å²) in [5.41, 5.74) is 1.31. The van der Waals surface area contributed by atoms with Gasteiger partial charge in [-0.05, 0) is 38.2 Å². The molecular formula is C15H19NOS. The first kappa shape index (κ1) is 13.2. The summed E-state index contributed by atoms with van der Waals surface area (Å²) in [6.07, 6.45) is 2.66. The zero-order valence-electron chi connectivity index (χ0n) is 10.8. The topological polar surface area (TPSA) is 25.2 Å². The highest BCUT2D eigenvalue weighted by molar-refractivity contribution is 7.99. The van der Waals surface area contributed by atoms with Crippen LogP contribution in [0.25, 0.3) is 0 Å². The number of aryl methyl sites for hydroxylation is 1. The zero-order valence-corrected chi connectivity index (χ0v) is 11.7. The summed E-state index contributed by atoms with van der Waals surface area (Å²) >= 11 is 1.88. The Kier molecular flexibility index (Phi) is 4.90. The average molecular weight is 261 g/mol. The minimum Gasteiger partial charge on any atom is -0.469 e. The van der Waals surface area contributed by atoms with Crippen LogP contribution in [-0.4, -0.2) is 18.8 Å². The maximum absolute atomic E-state index is 5.39. The van der Waals surface area contributed by atoms with Crippen molar-refractivity contribution in [3.05, 3.63) is 54.0 Å². The smallest absolute Gasteiger partial charge is 0.105 e. The number of benzene rings is 1. The standard InChI is InChI=1S/C15H19NOS/c1-12-5-3-7-15(9-12)18-11-13(16-2)10-14-6-4-8-17-14/h3-9,13,16H,10-11H2,1-2H3. The van der Waals surface area contributed by atoms with E-state index in [1.54, 1.807) is 6.26 Å². The molecule has 0 spiro atoms. The number of likely N-dealkylation sites (N-methyl/N-ethyl adjacent to an activating group) is 1. The molecule has 2 nitrogen and oxygen atoms in total. The van der Waals surface area contributed by atoms with Crippen molar-refractivity contribution in [3.8, 4) is 0 Å². The average Bonchev–Trinajstić information content (AvgIpc) is 2.87. The van der Waals surface area contributed by atoms with Gasteiger partial charge in [0.1, 0.15) is 5.76 Å². The molecule has 0 fully saturated rings. The first-order chi connectivity index (χ1) is 8.78. The van der Waals surface area contributed by atoms with Crippen LogP contribution in [0.5, 0.6) is 0 Å². The van der Waals surface area contributed by atoms with E-state index in [1.807, 2.05) is 30.9 Å². The van der Waals surface area contributed by atoms with Crippen molar-refractivity contribution in [1.82, 2.24) is 5.32 Å². The third-order valence-electron chi connectivity index (χ3n) is 2.88. The van der Waals surface area contributed by atoms with Crippen LogP contribution in [0, 0.1) is 6.92 Å². The summed E-state index contributed by atoms with van der Waals surface area (Å²) in [4.78, 5) is 1.33. The number of hydrogen-bond donors (Lipinski definition) is 1. The summed E-state index contributed by atoms with van der Waals surface area (Å²) in [6.45, 7) is 2.13. The van der Waals surface area contributed by atoms with E-state index in [1.165, 1.54) is 10.5 Å². The minimum absolute atomic E-state index is 0.432. The molecule has 1 N–H and O–H groups in total. The molecule has 0 saturated carbocycles. The van der Waals surface area contributed by atoms with Crippen LogP contribution in [0.3, 0.4) is 0 Å². The first-order valence-corrected chi connectivity index (χ1v) is 7.15. The van der Waals surface area contributed by atoms with E-state index in [4.69, 9.17) is 4.42 Å². The molecule has 96 valence electrons. The van der Waals surface area contributed by atoms with E-state index in [9.17, 15) is 0 Å². The molecule has 0 radical (unpaired) electrons. The molecule has 1 aromatic carbocycles. The Bertz CT molecular complexity index is 467. The van der Waals surface area contributed by atoms with Crippen molar-refractivity contribution < 1.29 is 4.42 Å². The molecular weight excluding hydrogens is 242 g/mol. The van der Waals surface area contributed by atoms with E-state index in [0.29, 0.717) is 6.04 Å². The number of hydrogen-bond acceptors (Lipinski definition) is 3. The van der Waals surface area contributed by atoms with E-state index >= 15 is 0 Å². The van der Waals surface area contributed by atoms with E-state index in [-0.39, 0.29) is 0 Å². The van der Waals surface area contributed by atoms with Gasteiger partial charge in [-0.2, -0.15) is 0 Å². The molecule has 0 saturated heterocycles. The molecule has 0 aliphatic carbocycles. The van der Waals surface area contributed by atoms with Gasteiger partial charge in [0.05, 0.1) is 6.26 Å². The summed E-state index contributed by atoms with van der Waals surface area (Å²) in [5.74, 6) is 2.08. The minimum atomic E-state index is 0.432. The Balaban J connectivity index is 1.87. The largest absolute Gasteiger partial charge is 0.469 e. The van der Waals surface area contributed by atoms with Gasteiger partial charge in [-0.1, -0.05) is 17.7 Å². The van der Waals surface area contributed by atoms with Crippen molar-refractivity contribution in [2.24, 2.45) is 0 Å². The maximum atomic E-state index is 5.39. The summed E-state index contributed by atoms with van der Waals surface area (Å²) in [6, 6.07) is 13.0. The monoisotopic (exact) mass is 261 g/mol.